The van der Waals surface area contributed by atoms with E-state index in [0.29, 0.717) is 15.7 Å². The van der Waals surface area contributed by atoms with Crippen molar-refractivity contribution in [1.82, 2.24) is 4.90 Å². The van der Waals surface area contributed by atoms with Crippen LogP contribution < -0.4 is 5.32 Å². The molecule has 4 aliphatic rings. The van der Waals surface area contributed by atoms with Crippen LogP contribution in [0.1, 0.15) is 28.7 Å². The lowest BCUT2D eigenvalue weighted by atomic mass is 9.54. The number of amides is 3. The summed E-state index contributed by atoms with van der Waals surface area (Å²) in [6.45, 7) is -0.110. The third-order valence-corrected chi connectivity index (χ3v) is 9.29. The van der Waals surface area contributed by atoms with Crippen LogP contribution in [-0.2, 0) is 24.1 Å². The molecule has 2 atom stereocenters. The topological polar surface area (TPSA) is 66.5 Å². The first-order valence-corrected chi connectivity index (χ1v) is 12.9. The molecule has 0 spiro atoms. The molecule has 182 valence electrons. The molecule has 36 heavy (non-hydrogen) atoms. The van der Waals surface area contributed by atoms with Crippen LogP contribution in [0.4, 0.5) is 5.69 Å². The molecular weight excluding hydrogens is 542 g/mol. The summed E-state index contributed by atoms with van der Waals surface area (Å²) < 4.78 is 0. The van der Waals surface area contributed by atoms with Gasteiger partial charge in [-0.3, -0.25) is 19.3 Å². The summed E-state index contributed by atoms with van der Waals surface area (Å²) in [6, 6.07) is 19.6. The van der Waals surface area contributed by atoms with E-state index < -0.39 is 39.3 Å². The van der Waals surface area contributed by atoms with Crippen LogP contribution in [0.3, 0.4) is 0 Å². The summed E-state index contributed by atoms with van der Waals surface area (Å²) in [5.74, 6) is -3.05. The summed E-state index contributed by atoms with van der Waals surface area (Å²) in [4.78, 5) is 38.8. The zero-order chi connectivity index (χ0) is 25.4. The molecule has 0 saturated carbocycles. The van der Waals surface area contributed by atoms with Gasteiger partial charge in [0.15, 0.2) is 0 Å². The van der Waals surface area contributed by atoms with Gasteiger partial charge in [0.1, 0.15) is 9.75 Å². The Morgan fingerprint density at radius 2 is 1.28 bits per heavy atom. The molecule has 7 rings (SSSR count). The van der Waals surface area contributed by atoms with Crippen LogP contribution in [0.2, 0.25) is 10.0 Å². The number of carbonyl (C=O) groups is 3. The van der Waals surface area contributed by atoms with Crippen molar-refractivity contribution in [2.45, 2.75) is 16.2 Å². The van der Waals surface area contributed by atoms with Crippen molar-refractivity contribution >= 4 is 69.8 Å². The Labute approximate surface area is 227 Å². The van der Waals surface area contributed by atoms with Gasteiger partial charge < -0.3 is 5.32 Å². The van der Waals surface area contributed by atoms with Crippen molar-refractivity contribution in [3.8, 4) is 0 Å². The van der Waals surface area contributed by atoms with Crippen molar-refractivity contribution in [2.75, 3.05) is 11.9 Å². The first-order valence-electron chi connectivity index (χ1n) is 11.4. The number of hydrogen-bond acceptors (Lipinski definition) is 3. The maximum atomic E-state index is 13.8. The van der Waals surface area contributed by atoms with Gasteiger partial charge in [0.25, 0.3) is 0 Å². The highest BCUT2D eigenvalue weighted by Gasteiger charge is 2.72. The Morgan fingerprint density at radius 1 is 0.806 bits per heavy atom. The minimum absolute atomic E-state index is 0.110. The lowest BCUT2D eigenvalue weighted by Crippen LogP contribution is -2.57. The number of nitrogens with zero attached hydrogens (tertiary/aromatic N) is 1. The van der Waals surface area contributed by atoms with E-state index in [-0.39, 0.29) is 13.0 Å². The smallest absolute Gasteiger partial charge is 0.235 e. The van der Waals surface area contributed by atoms with Gasteiger partial charge in [0.2, 0.25) is 17.7 Å². The van der Waals surface area contributed by atoms with Crippen LogP contribution >= 0.6 is 46.4 Å². The maximum absolute atomic E-state index is 13.8. The standard InChI is InChI=1S/C27H18Cl4N2O3/c28-14-9-10-19(29)20(13-14)32-21(34)11-12-33-24(35)22-23(25(33)36)27(31)16-6-2-1-5-15(16)26(22,30)17-7-3-4-8-18(17)27/h1-10,13,22-23H,11-12H2,(H,32,34)/t22-,23-,26?,27?/m0/s1. The summed E-state index contributed by atoms with van der Waals surface area (Å²) in [5.41, 5.74) is 3.29. The first kappa shape index (κ1) is 23.8. The van der Waals surface area contributed by atoms with Crippen molar-refractivity contribution in [1.29, 1.82) is 0 Å². The van der Waals surface area contributed by atoms with Gasteiger partial charge in [-0.2, -0.15) is 0 Å². The van der Waals surface area contributed by atoms with Gasteiger partial charge in [-0.05, 0) is 40.5 Å². The van der Waals surface area contributed by atoms with Crippen molar-refractivity contribution in [3.05, 3.63) is 99.0 Å². The van der Waals surface area contributed by atoms with Crippen LogP contribution in [0.15, 0.2) is 66.7 Å². The molecule has 3 aromatic carbocycles. The number of nitrogens with one attached hydrogen (secondary N) is 1. The largest absolute Gasteiger partial charge is 0.325 e. The Morgan fingerprint density at radius 3 is 1.75 bits per heavy atom. The number of halogens is 4. The number of rotatable bonds is 4. The SMILES string of the molecule is O=C(CCN1C(=O)[C@@H]2[C@@H](C1=O)C1(Cl)c3ccccc3C2(Cl)c2ccccc21)Nc1cc(Cl)ccc1Cl. The fourth-order valence-corrected chi connectivity index (χ4v) is 7.40. The minimum atomic E-state index is -1.24. The van der Waals surface area contributed by atoms with E-state index in [0.717, 1.165) is 27.2 Å². The van der Waals surface area contributed by atoms with Crippen LogP contribution in [0.5, 0.6) is 0 Å². The predicted octanol–water partition coefficient (Wildman–Crippen LogP) is 5.92. The van der Waals surface area contributed by atoms with Gasteiger partial charge >= 0.3 is 0 Å². The Kier molecular flexibility index (Phi) is 5.44. The molecule has 5 nitrogen and oxygen atoms in total. The van der Waals surface area contributed by atoms with E-state index in [1.165, 1.54) is 6.07 Å². The van der Waals surface area contributed by atoms with E-state index in [4.69, 9.17) is 46.4 Å². The normalized spacial score (nSPS) is 27.5. The van der Waals surface area contributed by atoms with E-state index >= 15 is 0 Å². The average molecular weight is 560 g/mol. The number of imide groups is 1. The molecule has 9 heteroatoms. The summed E-state index contributed by atoms with van der Waals surface area (Å²) in [6.07, 6.45) is -0.121. The highest BCUT2D eigenvalue weighted by atomic mass is 35.5. The van der Waals surface area contributed by atoms with Crippen LogP contribution in [0, 0.1) is 11.8 Å². The second-order valence-corrected chi connectivity index (χ2v) is 11.3. The molecule has 1 N–H and O–H groups in total. The minimum Gasteiger partial charge on any atom is -0.325 e. The fourth-order valence-electron chi connectivity index (χ4n) is 5.96. The quantitative estimate of drug-likeness (QED) is 0.319. The van der Waals surface area contributed by atoms with E-state index in [1.54, 1.807) is 12.1 Å². The fraction of sp³-hybridized carbons (Fsp3) is 0.222. The molecule has 0 unspecified atom stereocenters. The Hall–Kier alpha value is -2.57. The number of anilines is 1. The average Bonchev–Trinajstić information content (AvgIpc) is 3.14. The molecule has 0 aromatic heterocycles. The number of likely N-dealkylation sites (tertiary alicyclic amines) is 1. The summed E-state index contributed by atoms with van der Waals surface area (Å²) >= 11 is 26.9. The molecule has 3 amide bonds. The highest BCUT2D eigenvalue weighted by Crippen LogP contribution is 2.69. The number of carbonyl (C=O) groups excluding carboxylic acids is 3. The maximum Gasteiger partial charge on any atom is 0.235 e. The van der Waals surface area contributed by atoms with E-state index in [9.17, 15) is 14.4 Å². The third-order valence-electron chi connectivity index (χ3n) is 7.44. The zero-order valence-corrected chi connectivity index (χ0v) is 21.6. The van der Waals surface area contributed by atoms with E-state index in [1.807, 2.05) is 48.5 Å². The van der Waals surface area contributed by atoms with Crippen molar-refractivity contribution < 1.29 is 14.4 Å². The molecule has 0 radical (unpaired) electrons. The third kappa shape index (κ3) is 3.07. The molecule has 1 fully saturated rings. The summed E-state index contributed by atoms with van der Waals surface area (Å²) in [5, 5.41) is 3.42. The highest BCUT2D eigenvalue weighted by molar-refractivity contribution is 6.36. The number of benzene rings is 3. The molecule has 3 aliphatic carbocycles. The summed E-state index contributed by atoms with van der Waals surface area (Å²) in [7, 11) is 0. The molecule has 1 saturated heterocycles. The molecule has 3 aromatic rings. The molecule has 1 heterocycles. The lowest BCUT2D eigenvalue weighted by Gasteiger charge is -2.54. The van der Waals surface area contributed by atoms with Gasteiger partial charge in [0, 0.05) is 18.0 Å². The molecular formula is C27H18Cl4N2O3. The van der Waals surface area contributed by atoms with Gasteiger partial charge in [-0.1, -0.05) is 71.7 Å². The van der Waals surface area contributed by atoms with E-state index in [2.05, 4.69) is 5.32 Å². The number of alkyl halides is 2. The van der Waals surface area contributed by atoms with Crippen LogP contribution in [-0.4, -0.2) is 29.2 Å². The monoisotopic (exact) mass is 558 g/mol. The second kappa shape index (κ2) is 8.22. The lowest BCUT2D eigenvalue weighted by molar-refractivity contribution is -0.140. The van der Waals surface area contributed by atoms with Gasteiger partial charge in [0.05, 0.1) is 22.5 Å². The number of hydrogen-bond donors (Lipinski definition) is 1. The van der Waals surface area contributed by atoms with Crippen molar-refractivity contribution in [2.24, 2.45) is 11.8 Å². The first-order chi connectivity index (χ1) is 17.2. The molecule has 1 aliphatic heterocycles. The van der Waals surface area contributed by atoms with Crippen LogP contribution in [0.25, 0.3) is 0 Å². The Bertz CT molecular complexity index is 1350. The van der Waals surface area contributed by atoms with Gasteiger partial charge in [-0.25, -0.2) is 0 Å². The zero-order valence-electron chi connectivity index (χ0n) is 18.6. The van der Waals surface area contributed by atoms with Crippen molar-refractivity contribution in [3.63, 3.8) is 0 Å². The Balaban J connectivity index is 1.34. The van der Waals surface area contributed by atoms with Gasteiger partial charge in [-0.15, -0.1) is 23.2 Å². The second-order valence-electron chi connectivity index (χ2n) is 9.22. The molecule has 2 bridgehead atoms. The predicted molar refractivity (Wildman–Crippen MR) is 140 cm³/mol.